The first-order valence-electron chi connectivity index (χ1n) is 11.8. The van der Waals surface area contributed by atoms with Crippen LogP contribution in [0.3, 0.4) is 0 Å². The van der Waals surface area contributed by atoms with E-state index in [0.29, 0.717) is 18.2 Å². The van der Waals surface area contributed by atoms with Gasteiger partial charge in [-0.2, -0.15) is 5.26 Å². The minimum atomic E-state index is -0.272. The van der Waals surface area contributed by atoms with Crippen LogP contribution in [0, 0.1) is 29.7 Å². The molecule has 5 aliphatic rings. The summed E-state index contributed by atoms with van der Waals surface area (Å²) in [7, 11) is 0. The Morgan fingerprint density at radius 2 is 2.16 bits per heavy atom. The van der Waals surface area contributed by atoms with Gasteiger partial charge in [-0.1, -0.05) is 30.7 Å². The molecule has 7 nitrogen and oxygen atoms in total. The molecule has 3 aliphatic heterocycles. The molecule has 0 radical (unpaired) electrons. The maximum absolute atomic E-state index is 13.4. The second-order valence-corrected chi connectivity index (χ2v) is 10.2. The average molecular weight is 430 g/mol. The van der Waals surface area contributed by atoms with Gasteiger partial charge in [0.2, 0.25) is 11.8 Å². The highest BCUT2D eigenvalue weighted by molar-refractivity contribution is 5.87. The zero-order valence-electron chi connectivity index (χ0n) is 18.3. The van der Waals surface area contributed by atoms with Crippen LogP contribution in [0.25, 0.3) is 4.85 Å². The monoisotopic (exact) mass is 429 g/mol. The van der Waals surface area contributed by atoms with Crippen LogP contribution < -0.4 is 0 Å². The predicted octanol–water partition coefficient (Wildman–Crippen LogP) is 2.66. The molecule has 0 N–H and O–H groups in total. The number of piperazine rings is 1. The summed E-state index contributed by atoms with van der Waals surface area (Å²) >= 11 is 0. The van der Waals surface area contributed by atoms with Crippen LogP contribution in [0.2, 0.25) is 0 Å². The number of hydrogen-bond donors (Lipinski definition) is 0. The fraction of sp³-hybridized carbons (Fsp3) is 0.600. The van der Waals surface area contributed by atoms with Gasteiger partial charge in [0.05, 0.1) is 24.7 Å². The lowest BCUT2D eigenvalue weighted by atomic mass is 10.0. The Bertz CT molecular complexity index is 1090. The van der Waals surface area contributed by atoms with Crippen LogP contribution in [-0.2, 0) is 16.0 Å². The van der Waals surface area contributed by atoms with Crippen molar-refractivity contribution in [2.24, 2.45) is 11.8 Å². The zero-order chi connectivity index (χ0) is 22.1. The maximum Gasteiger partial charge on any atom is 0.240 e. The highest BCUT2D eigenvalue weighted by Crippen LogP contribution is 2.48. The van der Waals surface area contributed by atoms with Crippen molar-refractivity contribution >= 4 is 17.5 Å². The van der Waals surface area contributed by atoms with E-state index in [4.69, 9.17) is 6.57 Å². The first kappa shape index (κ1) is 19.8. The second-order valence-electron chi connectivity index (χ2n) is 10.2. The van der Waals surface area contributed by atoms with E-state index < -0.39 is 0 Å². The van der Waals surface area contributed by atoms with Crippen LogP contribution in [0.4, 0.5) is 5.69 Å². The number of benzene rings is 1. The van der Waals surface area contributed by atoms with E-state index in [2.05, 4.69) is 20.7 Å². The number of rotatable bonds is 4. The van der Waals surface area contributed by atoms with Crippen molar-refractivity contribution in [1.82, 2.24) is 14.7 Å². The van der Waals surface area contributed by atoms with Crippen molar-refractivity contribution in [2.45, 2.75) is 69.2 Å². The summed E-state index contributed by atoms with van der Waals surface area (Å²) in [6, 6.07) is 8.33. The van der Waals surface area contributed by atoms with Crippen LogP contribution in [0.15, 0.2) is 18.2 Å². The fourth-order valence-electron chi connectivity index (χ4n) is 6.81. The van der Waals surface area contributed by atoms with Gasteiger partial charge in [-0.15, -0.1) is 0 Å². The minimum absolute atomic E-state index is 0.0777. The van der Waals surface area contributed by atoms with Gasteiger partial charge in [-0.3, -0.25) is 14.5 Å². The van der Waals surface area contributed by atoms with Gasteiger partial charge in [0.15, 0.2) is 5.69 Å². The topological polar surface area (TPSA) is 72.0 Å². The molecule has 1 unspecified atom stereocenters. The van der Waals surface area contributed by atoms with E-state index in [9.17, 15) is 14.9 Å². The lowest BCUT2D eigenvalue weighted by Gasteiger charge is -2.39. The molecule has 32 heavy (non-hydrogen) atoms. The van der Waals surface area contributed by atoms with E-state index in [1.165, 1.54) is 11.1 Å². The Morgan fingerprint density at radius 3 is 2.91 bits per heavy atom. The molecule has 2 aliphatic carbocycles. The summed E-state index contributed by atoms with van der Waals surface area (Å²) in [6.45, 7) is 10.6. The van der Waals surface area contributed by atoms with Gasteiger partial charge in [0.1, 0.15) is 6.04 Å². The molecule has 7 heteroatoms. The van der Waals surface area contributed by atoms with Gasteiger partial charge in [0.25, 0.3) is 0 Å². The number of carbonyl (C=O) groups is 2. The van der Waals surface area contributed by atoms with Crippen LogP contribution in [-0.4, -0.2) is 63.8 Å². The number of fused-ring (bicyclic) bond motifs is 4. The van der Waals surface area contributed by atoms with Crippen molar-refractivity contribution in [2.75, 3.05) is 13.1 Å². The van der Waals surface area contributed by atoms with Gasteiger partial charge in [-0.05, 0) is 43.6 Å². The van der Waals surface area contributed by atoms with E-state index in [0.717, 1.165) is 38.6 Å². The van der Waals surface area contributed by atoms with Crippen molar-refractivity contribution in [3.05, 3.63) is 40.7 Å². The van der Waals surface area contributed by atoms with Gasteiger partial charge in [0, 0.05) is 31.1 Å². The molecule has 164 valence electrons. The quantitative estimate of drug-likeness (QED) is 0.690. The van der Waals surface area contributed by atoms with Gasteiger partial charge in [-0.25, -0.2) is 4.85 Å². The van der Waals surface area contributed by atoms with Gasteiger partial charge >= 0.3 is 0 Å². The molecule has 0 aromatic heterocycles. The number of aryl methyl sites for hydroxylation is 1. The molecule has 1 saturated carbocycles. The summed E-state index contributed by atoms with van der Waals surface area (Å²) in [5.41, 5.74) is 3.06. The Morgan fingerprint density at radius 1 is 1.31 bits per heavy atom. The van der Waals surface area contributed by atoms with E-state index >= 15 is 0 Å². The molecule has 3 heterocycles. The molecule has 1 aromatic carbocycles. The second kappa shape index (κ2) is 7.05. The molecule has 7 atom stereocenters. The summed E-state index contributed by atoms with van der Waals surface area (Å²) in [5, 5.41) is 9.42. The summed E-state index contributed by atoms with van der Waals surface area (Å²) < 4.78 is 0. The molecule has 6 rings (SSSR count). The Labute approximate surface area is 188 Å². The number of carbonyl (C=O) groups excluding carboxylic acids is 2. The number of hydrogen-bond acceptors (Lipinski definition) is 4. The first-order valence-corrected chi connectivity index (χ1v) is 11.8. The number of nitrogens with zero attached hydrogens (tertiary/aromatic N) is 5. The number of piperidine rings is 1. The fourth-order valence-corrected chi connectivity index (χ4v) is 6.81. The molecule has 4 fully saturated rings. The molecule has 2 bridgehead atoms. The van der Waals surface area contributed by atoms with E-state index in [1.807, 2.05) is 30.0 Å². The van der Waals surface area contributed by atoms with Crippen LogP contribution >= 0.6 is 0 Å². The number of amides is 2. The standard InChI is InChI=1S/C25H27N5O2/c1-14(24(31)29-18(11-26)8-16-9-22(16)29)12-28-13-19-10-23(28)25(32)30(19)21-6-3-15-7-17(27-2)4-5-20(15)21/h4-5,7,14,16,18-19,21-23H,3,6,8-10,12-13H2,1H3/t14-,16+,18-,19-,21-,22?,23-/m0/s1. The van der Waals surface area contributed by atoms with Crippen molar-refractivity contribution < 1.29 is 9.59 Å². The predicted molar refractivity (Wildman–Crippen MR) is 116 cm³/mol. The third-order valence-electron chi connectivity index (χ3n) is 8.39. The van der Waals surface area contributed by atoms with Crippen LogP contribution in [0.1, 0.15) is 49.8 Å². The zero-order valence-corrected chi connectivity index (χ0v) is 18.3. The lowest BCUT2D eigenvalue weighted by Crippen LogP contribution is -2.53. The van der Waals surface area contributed by atoms with Crippen molar-refractivity contribution in [3.63, 3.8) is 0 Å². The molecule has 2 amide bonds. The smallest absolute Gasteiger partial charge is 0.240 e. The largest absolute Gasteiger partial charge is 0.330 e. The highest BCUT2D eigenvalue weighted by Gasteiger charge is 2.56. The van der Waals surface area contributed by atoms with Gasteiger partial charge < -0.3 is 9.80 Å². The average Bonchev–Trinajstić information content (AvgIpc) is 3.14. The SMILES string of the molecule is [C-]#[N+]c1ccc2c(c1)CC[C@@H]2N1C(=O)[C@@H]2C[C@H]1CN2C[C@H](C)C(=O)N1C2C[C@H]2C[C@H]1C#N. The normalized spacial score (nSPS) is 35.4. The Hall–Kier alpha value is -2.90. The molecule has 1 aromatic rings. The first-order chi connectivity index (χ1) is 15.5. The molecular formula is C25H27N5O2. The molecular weight excluding hydrogens is 402 g/mol. The third kappa shape index (κ3) is 2.81. The number of likely N-dealkylation sites (tertiary alicyclic amines) is 3. The lowest BCUT2D eigenvalue weighted by molar-refractivity contribution is -0.142. The number of nitriles is 1. The van der Waals surface area contributed by atoms with Crippen LogP contribution in [0.5, 0.6) is 0 Å². The van der Waals surface area contributed by atoms with Crippen molar-refractivity contribution in [3.8, 4) is 6.07 Å². The van der Waals surface area contributed by atoms with Crippen molar-refractivity contribution in [1.29, 1.82) is 5.26 Å². The maximum atomic E-state index is 13.4. The van der Waals surface area contributed by atoms with E-state index in [1.54, 1.807) is 0 Å². The highest BCUT2D eigenvalue weighted by atomic mass is 16.2. The summed E-state index contributed by atoms with van der Waals surface area (Å²) in [4.78, 5) is 36.2. The minimum Gasteiger partial charge on any atom is -0.330 e. The molecule has 3 saturated heterocycles. The Balaban J connectivity index is 1.13. The Kier molecular flexibility index (Phi) is 4.35. The summed E-state index contributed by atoms with van der Waals surface area (Å²) in [6.07, 6.45) is 4.53. The third-order valence-corrected chi connectivity index (χ3v) is 8.39. The molecule has 0 spiro atoms. The van der Waals surface area contributed by atoms with E-state index in [-0.39, 0.29) is 47.9 Å². The summed E-state index contributed by atoms with van der Waals surface area (Å²) in [5.74, 6) is 0.583.